The normalized spacial score (nSPS) is 12.2. The van der Waals surface area contributed by atoms with Gasteiger partial charge < -0.3 is 4.74 Å². The predicted molar refractivity (Wildman–Crippen MR) is 47.6 cm³/mol. The second-order valence-corrected chi connectivity index (χ2v) is 2.78. The Balaban J connectivity index is 3.14. The Labute approximate surface area is 76.3 Å². The summed E-state index contributed by atoms with van der Waals surface area (Å²) in [5.74, 6) is 0.408. The maximum absolute atomic E-state index is 13.0. The van der Waals surface area contributed by atoms with Gasteiger partial charge in [0.1, 0.15) is 5.75 Å². The maximum Gasteiger partial charge on any atom is 0.184 e. The molecule has 3 heteroatoms. The van der Waals surface area contributed by atoms with Crippen LogP contribution in [0.15, 0.2) is 18.2 Å². The SMILES string of the molecule is COc1ccc(C)cc1C(F)C=O. The molecule has 0 saturated carbocycles. The minimum atomic E-state index is -1.60. The van der Waals surface area contributed by atoms with Gasteiger partial charge in [-0.3, -0.25) is 4.79 Å². The highest BCUT2D eigenvalue weighted by Gasteiger charge is 2.13. The van der Waals surface area contributed by atoms with Crippen LogP contribution in [-0.4, -0.2) is 13.4 Å². The van der Waals surface area contributed by atoms with E-state index in [0.717, 1.165) is 5.56 Å². The van der Waals surface area contributed by atoms with Gasteiger partial charge in [0, 0.05) is 5.56 Å². The van der Waals surface area contributed by atoms with Crippen molar-refractivity contribution in [2.24, 2.45) is 0 Å². The molecule has 0 aliphatic heterocycles. The van der Waals surface area contributed by atoms with E-state index in [1.165, 1.54) is 7.11 Å². The van der Waals surface area contributed by atoms with Crippen LogP contribution in [0.4, 0.5) is 4.39 Å². The average molecular weight is 182 g/mol. The lowest BCUT2D eigenvalue weighted by atomic mass is 10.1. The third-order valence-corrected chi connectivity index (χ3v) is 1.80. The largest absolute Gasteiger partial charge is 0.496 e. The molecule has 2 nitrogen and oxygen atoms in total. The number of hydrogen-bond acceptors (Lipinski definition) is 2. The van der Waals surface area contributed by atoms with Crippen LogP contribution in [0.3, 0.4) is 0 Å². The highest BCUT2D eigenvalue weighted by Crippen LogP contribution is 2.27. The van der Waals surface area contributed by atoms with Gasteiger partial charge in [0.05, 0.1) is 7.11 Å². The maximum atomic E-state index is 13.0. The van der Waals surface area contributed by atoms with E-state index in [2.05, 4.69) is 0 Å². The van der Waals surface area contributed by atoms with Crippen molar-refractivity contribution >= 4 is 6.29 Å². The van der Waals surface area contributed by atoms with E-state index < -0.39 is 6.17 Å². The summed E-state index contributed by atoms with van der Waals surface area (Å²) in [5, 5.41) is 0. The average Bonchev–Trinajstić information content (AvgIpc) is 2.16. The zero-order chi connectivity index (χ0) is 9.84. The van der Waals surface area contributed by atoms with Gasteiger partial charge >= 0.3 is 0 Å². The quantitative estimate of drug-likeness (QED) is 0.670. The van der Waals surface area contributed by atoms with Gasteiger partial charge in [0.25, 0.3) is 0 Å². The molecule has 0 aliphatic rings. The monoisotopic (exact) mass is 182 g/mol. The molecule has 70 valence electrons. The van der Waals surface area contributed by atoms with Crippen molar-refractivity contribution < 1.29 is 13.9 Å². The van der Waals surface area contributed by atoms with E-state index in [4.69, 9.17) is 4.74 Å². The van der Waals surface area contributed by atoms with Crippen LogP contribution >= 0.6 is 0 Å². The summed E-state index contributed by atoms with van der Waals surface area (Å²) in [5.41, 5.74) is 1.19. The molecule has 0 heterocycles. The van der Waals surface area contributed by atoms with Gasteiger partial charge in [-0.05, 0) is 19.1 Å². The number of hydrogen-bond donors (Lipinski definition) is 0. The van der Waals surface area contributed by atoms with E-state index in [9.17, 15) is 9.18 Å². The van der Waals surface area contributed by atoms with Crippen molar-refractivity contribution in [1.82, 2.24) is 0 Å². The van der Waals surface area contributed by atoms with Gasteiger partial charge in [-0.2, -0.15) is 0 Å². The van der Waals surface area contributed by atoms with Crippen LogP contribution in [0, 0.1) is 6.92 Å². The number of aryl methyl sites for hydroxylation is 1. The number of carbonyl (C=O) groups excluding carboxylic acids is 1. The number of ether oxygens (including phenoxy) is 1. The van der Waals surface area contributed by atoms with Crippen molar-refractivity contribution in [3.8, 4) is 5.75 Å². The molecule has 0 N–H and O–H groups in total. The van der Waals surface area contributed by atoms with Crippen molar-refractivity contribution in [1.29, 1.82) is 0 Å². The topological polar surface area (TPSA) is 26.3 Å². The highest BCUT2D eigenvalue weighted by molar-refractivity contribution is 5.62. The summed E-state index contributed by atoms with van der Waals surface area (Å²) in [6.07, 6.45) is -1.34. The van der Waals surface area contributed by atoms with Crippen LogP contribution in [0.5, 0.6) is 5.75 Å². The number of methoxy groups -OCH3 is 1. The molecule has 13 heavy (non-hydrogen) atoms. The van der Waals surface area contributed by atoms with E-state index in [0.29, 0.717) is 5.75 Å². The lowest BCUT2D eigenvalue weighted by Gasteiger charge is -2.08. The van der Waals surface area contributed by atoms with Gasteiger partial charge in [-0.1, -0.05) is 11.6 Å². The summed E-state index contributed by atoms with van der Waals surface area (Å²) in [6.45, 7) is 1.83. The molecule has 1 atom stereocenters. The zero-order valence-electron chi connectivity index (χ0n) is 7.58. The van der Waals surface area contributed by atoms with Crippen molar-refractivity contribution in [2.75, 3.05) is 7.11 Å². The van der Waals surface area contributed by atoms with Crippen molar-refractivity contribution in [2.45, 2.75) is 13.1 Å². The minimum absolute atomic E-state index is 0.261. The van der Waals surface area contributed by atoms with Crippen LogP contribution in [-0.2, 0) is 4.79 Å². The summed E-state index contributed by atoms with van der Waals surface area (Å²) >= 11 is 0. The first-order valence-corrected chi connectivity index (χ1v) is 3.93. The summed E-state index contributed by atoms with van der Waals surface area (Å²) in [7, 11) is 1.45. The number of benzene rings is 1. The Morgan fingerprint density at radius 1 is 1.54 bits per heavy atom. The third-order valence-electron chi connectivity index (χ3n) is 1.80. The molecule has 1 aromatic carbocycles. The second-order valence-electron chi connectivity index (χ2n) is 2.78. The Morgan fingerprint density at radius 2 is 2.23 bits per heavy atom. The van der Waals surface area contributed by atoms with E-state index in [1.54, 1.807) is 18.2 Å². The molecule has 0 radical (unpaired) electrons. The lowest BCUT2D eigenvalue weighted by Crippen LogP contribution is -1.97. The third kappa shape index (κ3) is 2.05. The van der Waals surface area contributed by atoms with E-state index in [-0.39, 0.29) is 11.8 Å². The summed E-state index contributed by atoms with van der Waals surface area (Å²) < 4.78 is 18.0. The molecule has 1 rings (SSSR count). The second kappa shape index (κ2) is 4.03. The number of rotatable bonds is 3. The predicted octanol–water partition coefficient (Wildman–Crippen LogP) is 2.21. The fourth-order valence-corrected chi connectivity index (χ4v) is 1.14. The Kier molecular flexibility index (Phi) is 3.01. The first-order valence-electron chi connectivity index (χ1n) is 3.93. The molecular weight excluding hydrogens is 171 g/mol. The van der Waals surface area contributed by atoms with Crippen LogP contribution in [0.2, 0.25) is 0 Å². The van der Waals surface area contributed by atoms with Crippen LogP contribution in [0.25, 0.3) is 0 Å². The molecule has 1 aromatic rings. The van der Waals surface area contributed by atoms with E-state index in [1.807, 2.05) is 6.92 Å². The van der Waals surface area contributed by atoms with Crippen molar-refractivity contribution in [3.05, 3.63) is 29.3 Å². The number of halogens is 1. The van der Waals surface area contributed by atoms with Gasteiger partial charge in [0.15, 0.2) is 12.5 Å². The highest BCUT2D eigenvalue weighted by atomic mass is 19.1. The molecular formula is C10H11FO2. The minimum Gasteiger partial charge on any atom is -0.496 e. The number of carbonyl (C=O) groups is 1. The summed E-state index contributed by atoms with van der Waals surface area (Å²) in [6, 6.07) is 5.07. The molecule has 0 spiro atoms. The fraction of sp³-hybridized carbons (Fsp3) is 0.300. The van der Waals surface area contributed by atoms with Crippen molar-refractivity contribution in [3.63, 3.8) is 0 Å². The van der Waals surface area contributed by atoms with Crippen LogP contribution in [0.1, 0.15) is 17.3 Å². The molecule has 0 amide bonds. The molecule has 0 aliphatic carbocycles. The molecule has 0 aromatic heterocycles. The van der Waals surface area contributed by atoms with Gasteiger partial charge in [-0.25, -0.2) is 4.39 Å². The molecule has 0 fully saturated rings. The lowest BCUT2D eigenvalue weighted by molar-refractivity contribution is -0.112. The van der Waals surface area contributed by atoms with Gasteiger partial charge in [0.2, 0.25) is 0 Å². The fourth-order valence-electron chi connectivity index (χ4n) is 1.14. The Bertz CT molecular complexity index is 310. The first kappa shape index (κ1) is 9.71. The molecule has 1 unspecified atom stereocenters. The standard InChI is InChI=1S/C10H11FO2/c1-7-3-4-10(13-2)8(5-7)9(11)6-12/h3-6,9H,1-2H3. The number of aldehydes is 1. The zero-order valence-corrected chi connectivity index (χ0v) is 7.58. The molecule has 0 saturated heterocycles. The summed E-state index contributed by atoms with van der Waals surface area (Å²) in [4.78, 5) is 10.3. The number of alkyl halides is 1. The van der Waals surface area contributed by atoms with E-state index >= 15 is 0 Å². The first-order chi connectivity index (χ1) is 6.19. The Hall–Kier alpha value is -1.38. The smallest absolute Gasteiger partial charge is 0.184 e. The Morgan fingerprint density at radius 3 is 2.77 bits per heavy atom. The van der Waals surface area contributed by atoms with Gasteiger partial charge in [-0.15, -0.1) is 0 Å². The molecule has 0 bridgehead atoms. The van der Waals surface area contributed by atoms with Crippen LogP contribution < -0.4 is 4.74 Å².